The van der Waals surface area contributed by atoms with Gasteiger partial charge in [0, 0.05) is 11.8 Å². The van der Waals surface area contributed by atoms with Crippen molar-refractivity contribution in [1.82, 2.24) is 19.9 Å². The van der Waals surface area contributed by atoms with E-state index in [0.717, 1.165) is 24.5 Å². The molecule has 1 amide bonds. The standard InChI is InChI=1S/C14H16N4O4.ClH/c19-10-5-9(4-3-8-1-2-8)18-13(16-7-17-18)12(10)14(22)15-6-11(20)21;/h5,7-8,19H,1-4,6H2,(H,15,22)(H,20,21);1H. The first-order chi connectivity index (χ1) is 10.6. The highest BCUT2D eigenvalue weighted by atomic mass is 35.5. The number of aromatic nitrogens is 3. The zero-order valence-electron chi connectivity index (χ0n) is 12.2. The van der Waals surface area contributed by atoms with Gasteiger partial charge in [-0.2, -0.15) is 5.10 Å². The fourth-order valence-corrected chi connectivity index (χ4v) is 2.43. The van der Waals surface area contributed by atoms with Crippen LogP contribution in [0, 0.1) is 5.92 Å². The Balaban J connectivity index is 0.00000192. The summed E-state index contributed by atoms with van der Waals surface area (Å²) in [7, 11) is 0. The number of aryl methyl sites for hydroxylation is 1. The van der Waals surface area contributed by atoms with Gasteiger partial charge in [-0.3, -0.25) is 9.59 Å². The maximum absolute atomic E-state index is 12.1. The molecule has 0 spiro atoms. The number of hydrogen-bond acceptors (Lipinski definition) is 5. The highest BCUT2D eigenvalue weighted by Crippen LogP contribution is 2.34. The predicted octanol–water partition coefficient (Wildman–Crippen LogP) is 1.01. The Morgan fingerprint density at radius 3 is 2.78 bits per heavy atom. The number of carboxylic acid groups (broad SMARTS) is 1. The molecule has 124 valence electrons. The molecule has 23 heavy (non-hydrogen) atoms. The summed E-state index contributed by atoms with van der Waals surface area (Å²) in [5.74, 6) is -1.33. The van der Waals surface area contributed by atoms with Crippen molar-refractivity contribution in [3.8, 4) is 5.75 Å². The molecule has 0 unspecified atom stereocenters. The highest BCUT2D eigenvalue weighted by Gasteiger charge is 2.24. The minimum Gasteiger partial charge on any atom is -0.507 e. The third-order valence-electron chi connectivity index (χ3n) is 3.74. The van der Waals surface area contributed by atoms with Crippen molar-refractivity contribution in [3.63, 3.8) is 0 Å². The summed E-state index contributed by atoms with van der Waals surface area (Å²) in [6.07, 6.45) is 5.54. The number of carboxylic acids is 1. The molecule has 0 aromatic carbocycles. The lowest BCUT2D eigenvalue weighted by Crippen LogP contribution is -2.29. The van der Waals surface area contributed by atoms with Gasteiger partial charge in [0.2, 0.25) is 0 Å². The van der Waals surface area contributed by atoms with Crippen LogP contribution < -0.4 is 5.32 Å². The molecule has 1 fully saturated rings. The Bertz CT molecular complexity index is 742. The fourth-order valence-electron chi connectivity index (χ4n) is 2.43. The largest absolute Gasteiger partial charge is 0.507 e. The maximum Gasteiger partial charge on any atom is 0.322 e. The van der Waals surface area contributed by atoms with Crippen molar-refractivity contribution in [1.29, 1.82) is 0 Å². The lowest BCUT2D eigenvalue weighted by Gasteiger charge is -2.10. The molecular weight excluding hydrogens is 324 g/mol. The molecule has 1 aliphatic carbocycles. The first-order valence-electron chi connectivity index (χ1n) is 7.11. The van der Waals surface area contributed by atoms with Gasteiger partial charge >= 0.3 is 5.97 Å². The van der Waals surface area contributed by atoms with Crippen LogP contribution in [0.4, 0.5) is 0 Å². The van der Waals surface area contributed by atoms with E-state index in [1.54, 1.807) is 0 Å². The predicted molar refractivity (Wildman–Crippen MR) is 82.9 cm³/mol. The van der Waals surface area contributed by atoms with Crippen molar-refractivity contribution < 1.29 is 19.8 Å². The Morgan fingerprint density at radius 1 is 1.39 bits per heavy atom. The van der Waals surface area contributed by atoms with E-state index in [4.69, 9.17) is 5.11 Å². The second-order valence-electron chi connectivity index (χ2n) is 5.45. The van der Waals surface area contributed by atoms with Crippen LogP contribution >= 0.6 is 12.4 Å². The lowest BCUT2D eigenvalue weighted by atomic mass is 10.1. The topological polar surface area (TPSA) is 117 Å². The van der Waals surface area contributed by atoms with Crippen LogP contribution in [0.2, 0.25) is 0 Å². The van der Waals surface area contributed by atoms with E-state index in [1.165, 1.54) is 29.8 Å². The number of nitrogens with zero attached hydrogens (tertiary/aromatic N) is 3. The molecule has 2 aromatic rings. The number of rotatable bonds is 6. The van der Waals surface area contributed by atoms with Crippen LogP contribution in [0.25, 0.3) is 5.65 Å². The Morgan fingerprint density at radius 2 is 2.13 bits per heavy atom. The van der Waals surface area contributed by atoms with Gasteiger partial charge in [-0.1, -0.05) is 12.8 Å². The molecular formula is C14H17ClN4O4. The molecule has 1 aliphatic rings. The molecule has 0 atom stereocenters. The average Bonchev–Trinajstić information content (AvgIpc) is 3.18. The number of fused-ring (bicyclic) bond motifs is 1. The zero-order chi connectivity index (χ0) is 15.7. The van der Waals surface area contributed by atoms with Gasteiger partial charge in [-0.25, -0.2) is 9.50 Å². The molecule has 9 heteroatoms. The van der Waals surface area contributed by atoms with E-state index >= 15 is 0 Å². The van der Waals surface area contributed by atoms with Crippen molar-refractivity contribution >= 4 is 29.9 Å². The number of nitrogens with one attached hydrogen (secondary N) is 1. The van der Waals surface area contributed by atoms with Gasteiger partial charge in [0.1, 0.15) is 24.2 Å². The molecule has 0 bridgehead atoms. The molecule has 0 aliphatic heterocycles. The van der Waals surface area contributed by atoms with E-state index in [2.05, 4.69) is 15.4 Å². The Labute approximate surface area is 137 Å². The van der Waals surface area contributed by atoms with Crippen molar-refractivity contribution in [2.24, 2.45) is 5.92 Å². The summed E-state index contributed by atoms with van der Waals surface area (Å²) in [6, 6.07) is 1.50. The van der Waals surface area contributed by atoms with Gasteiger partial charge in [0.25, 0.3) is 5.91 Å². The monoisotopic (exact) mass is 340 g/mol. The van der Waals surface area contributed by atoms with Crippen LogP contribution in [0.15, 0.2) is 12.4 Å². The van der Waals surface area contributed by atoms with Gasteiger partial charge < -0.3 is 15.5 Å². The van der Waals surface area contributed by atoms with Gasteiger partial charge in [-0.05, 0) is 18.8 Å². The number of carbonyl (C=O) groups excluding carboxylic acids is 1. The molecule has 0 saturated heterocycles. The third kappa shape index (κ3) is 3.70. The van der Waals surface area contributed by atoms with E-state index in [-0.39, 0.29) is 29.4 Å². The third-order valence-corrected chi connectivity index (χ3v) is 3.74. The Kier molecular flexibility index (Phi) is 5.05. The summed E-state index contributed by atoms with van der Waals surface area (Å²) >= 11 is 0. The SMILES string of the molecule is Cl.O=C(O)CNC(=O)c1c(O)cc(CCC2CC2)n2ncnc12. The number of hydrogen-bond donors (Lipinski definition) is 3. The molecule has 3 rings (SSSR count). The normalized spacial score (nSPS) is 13.6. The van der Waals surface area contributed by atoms with Crippen LogP contribution in [-0.2, 0) is 11.2 Å². The molecule has 2 heterocycles. The number of aliphatic carboxylic acids is 1. The van der Waals surface area contributed by atoms with Crippen LogP contribution in [0.3, 0.4) is 0 Å². The summed E-state index contributed by atoms with van der Waals surface area (Å²) in [6.45, 7) is -0.526. The molecule has 3 N–H and O–H groups in total. The summed E-state index contributed by atoms with van der Waals surface area (Å²) < 4.78 is 1.53. The number of aromatic hydroxyl groups is 1. The quantitative estimate of drug-likeness (QED) is 0.722. The number of halogens is 1. The second kappa shape index (κ2) is 6.82. The van der Waals surface area contributed by atoms with Crippen LogP contribution in [0.5, 0.6) is 5.75 Å². The first kappa shape index (κ1) is 17.0. The van der Waals surface area contributed by atoms with Crippen LogP contribution in [0.1, 0.15) is 35.3 Å². The average molecular weight is 341 g/mol. The second-order valence-corrected chi connectivity index (χ2v) is 5.45. The number of pyridine rings is 1. The number of carbonyl (C=O) groups is 2. The lowest BCUT2D eigenvalue weighted by molar-refractivity contribution is -0.135. The fraction of sp³-hybridized carbons (Fsp3) is 0.429. The smallest absolute Gasteiger partial charge is 0.322 e. The van der Waals surface area contributed by atoms with Crippen molar-refractivity contribution in [3.05, 3.63) is 23.7 Å². The van der Waals surface area contributed by atoms with E-state index < -0.39 is 18.4 Å². The van der Waals surface area contributed by atoms with E-state index in [0.29, 0.717) is 0 Å². The van der Waals surface area contributed by atoms with Crippen molar-refractivity contribution in [2.45, 2.75) is 25.7 Å². The molecule has 1 saturated carbocycles. The van der Waals surface area contributed by atoms with E-state index in [9.17, 15) is 14.7 Å². The Hall–Kier alpha value is -2.35. The minimum absolute atomic E-state index is 0. The zero-order valence-corrected chi connectivity index (χ0v) is 13.0. The highest BCUT2D eigenvalue weighted by molar-refractivity contribution is 6.03. The molecule has 8 nitrogen and oxygen atoms in total. The number of amides is 1. The van der Waals surface area contributed by atoms with Gasteiger partial charge in [0.15, 0.2) is 5.65 Å². The van der Waals surface area contributed by atoms with Gasteiger partial charge in [0.05, 0.1) is 0 Å². The van der Waals surface area contributed by atoms with Crippen molar-refractivity contribution in [2.75, 3.05) is 6.54 Å². The maximum atomic E-state index is 12.1. The summed E-state index contributed by atoms with van der Waals surface area (Å²) in [4.78, 5) is 26.6. The van der Waals surface area contributed by atoms with Crippen LogP contribution in [-0.4, -0.2) is 43.2 Å². The first-order valence-corrected chi connectivity index (χ1v) is 7.11. The van der Waals surface area contributed by atoms with Gasteiger partial charge in [-0.15, -0.1) is 12.4 Å². The minimum atomic E-state index is -1.16. The molecule has 0 radical (unpaired) electrons. The van der Waals surface area contributed by atoms with E-state index in [1.807, 2.05) is 0 Å². The summed E-state index contributed by atoms with van der Waals surface area (Å²) in [5, 5.41) is 25.1. The summed E-state index contributed by atoms with van der Waals surface area (Å²) in [5.41, 5.74) is 0.953. The molecule has 2 aromatic heterocycles.